The van der Waals surface area contributed by atoms with Gasteiger partial charge >= 0.3 is 0 Å². The normalized spacial score (nSPS) is 9.92. The largest absolute Gasteiger partial charge is 0.321 e. The third kappa shape index (κ3) is 4.23. The lowest BCUT2D eigenvalue weighted by molar-refractivity contribution is 0.0963. The molecule has 0 aliphatic heterocycles. The van der Waals surface area contributed by atoms with Gasteiger partial charge in [-0.15, -0.1) is 0 Å². The number of rotatable bonds is 5. The molecule has 0 fully saturated rings. The van der Waals surface area contributed by atoms with Gasteiger partial charge in [-0.2, -0.15) is 0 Å². The van der Waals surface area contributed by atoms with Gasteiger partial charge in [0.05, 0.1) is 16.9 Å². The molecule has 0 atom stereocenters. The molecule has 2 amide bonds. The van der Waals surface area contributed by atoms with Crippen LogP contribution in [-0.2, 0) is 0 Å². The Balaban J connectivity index is 1.72. The SMILES string of the molecule is O=C(Nc1ccccc1C(=O)NNc1ccccc1)c1ccccc1. The van der Waals surface area contributed by atoms with Gasteiger partial charge in [-0.3, -0.25) is 20.4 Å². The van der Waals surface area contributed by atoms with Gasteiger partial charge in [0, 0.05) is 5.56 Å². The number of anilines is 2. The number of hydrazine groups is 1. The van der Waals surface area contributed by atoms with E-state index in [1.807, 2.05) is 36.4 Å². The quantitative estimate of drug-likeness (QED) is 0.624. The van der Waals surface area contributed by atoms with Crippen molar-refractivity contribution in [3.8, 4) is 0 Å². The summed E-state index contributed by atoms with van der Waals surface area (Å²) in [5, 5.41) is 2.78. The molecule has 0 saturated carbocycles. The first kappa shape index (κ1) is 16.3. The Kier molecular flexibility index (Phi) is 5.07. The van der Waals surface area contributed by atoms with Crippen LogP contribution in [0.4, 0.5) is 11.4 Å². The molecule has 3 N–H and O–H groups in total. The van der Waals surface area contributed by atoms with Crippen molar-refractivity contribution in [2.24, 2.45) is 0 Å². The summed E-state index contributed by atoms with van der Waals surface area (Å²) in [4.78, 5) is 24.7. The molecule has 3 aromatic carbocycles. The van der Waals surface area contributed by atoms with Crippen molar-refractivity contribution in [3.05, 3.63) is 96.1 Å². The number of hydrogen-bond acceptors (Lipinski definition) is 3. The van der Waals surface area contributed by atoms with E-state index in [9.17, 15) is 9.59 Å². The maximum Gasteiger partial charge on any atom is 0.271 e. The van der Waals surface area contributed by atoms with Crippen molar-refractivity contribution in [1.82, 2.24) is 5.43 Å². The highest BCUT2D eigenvalue weighted by Crippen LogP contribution is 2.16. The molecule has 25 heavy (non-hydrogen) atoms. The summed E-state index contributed by atoms with van der Waals surface area (Å²) in [7, 11) is 0. The van der Waals surface area contributed by atoms with E-state index < -0.39 is 0 Å². The molecule has 3 rings (SSSR count). The molecule has 124 valence electrons. The molecule has 0 heterocycles. The molecule has 0 unspecified atom stereocenters. The third-order valence-electron chi connectivity index (χ3n) is 3.55. The Hall–Kier alpha value is -3.60. The highest BCUT2D eigenvalue weighted by Gasteiger charge is 2.13. The zero-order valence-electron chi connectivity index (χ0n) is 13.4. The maximum atomic E-state index is 12.4. The smallest absolute Gasteiger partial charge is 0.271 e. The lowest BCUT2D eigenvalue weighted by Crippen LogP contribution is -2.30. The number of benzene rings is 3. The zero-order chi connectivity index (χ0) is 17.5. The zero-order valence-corrected chi connectivity index (χ0v) is 13.4. The highest BCUT2D eigenvalue weighted by atomic mass is 16.2. The summed E-state index contributed by atoms with van der Waals surface area (Å²) in [5.74, 6) is -0.607. The van der Waals surface area contributed by atoms with Gasteiger partial charge in [0.15, 0.2) is 0 Å². The van der Waals surface area contributed by atoms with Crippen molar-refractivity contribution in [3.63, 3.8) is 0 Å². The van der Waals surface area contributed by atoms with E-state index >= 15 is 0 Å². The number of nitrogens with one attached hydrogen (secondary N) is 3. The lowest BCUT2D eigenvalue weighted by atomic mass is 10.1. The van der Waals surface area contributed by atoms with Crippen LogP contribution in [0.25, 0.3) is 0 Å². The molecular weight excluding hydrogens is 314 g/mol. The van der Waals surface area contributed by atoms with Crippen LogP contribution in [-0.4, -0.2) is 11.8 Å². The molecule has 5 nitrogen and oxygen atoms in total. The van der Waals surface area contributed by atoms with E-state index in [2.05, 4.69) is 16.2 Å². The van der Waals surface area contributed by atoms with Gasteiger partial charge < -0.3 is 5.32 Å². The molecule has 0 aliphatic rings. The molecule has 0 aliphatic carbocycles. The van der Waals surface area contributed by atoms with Crippen molar-refractivity contribution in [1.29, 1.82) is 0 Å². The average Bonchev–Trinajstić information content (AvgIpc) is 2.68. The van der Waals surface area contributed by atoms with E-state index in [0.717, 1.165) is 5.69 Å². The number of hydrogen-bond donors (Lipinski definition) is 3. The summed E-state index contributed by atoms with van der Waals surface area (Å²) in [5.41, 5.74) is 7.58. The van der Waals surface area contributed by atoms with Gasteiger partial charge in [-0.25, -0.2) is 0 Å². The predicted molar refractivity (Wildman–Crippen MR) is 98.4 cm³/mol. The lowest BCUT2D eigenvalue weighted by Gasteiger charge is -2.12. The number of para-hydroxylation sites is 2. The fraction of sp³-hybridized carbons (Fsp3) is 0. The van der Waals surface area contributed by atoms with Crippen molar-refractivity contribution in [2.75, 3.05) is 10.7 Å². The monoisotopic (exact) mass is 331 g/mol. The predicted octanol–water partition coefficient (Wildman–Crippen LogP) is 3.70. The van der Waals surface area contributed by atoms with E-state index in [4.69, 9.17) is 0 Å². The van der Waals surface area contributed by atoms with Crippen LogP contribution in [0.2, 0.25) is 0 Å². The Morgan fingerprint density at radius 3 is 1.96 bits per heavy atom. The van der Waals surface area contributed by atoms with Crippen molar-refractivity contribution >= 4 is 23.2 Å². The van der Waals surface area contributed by atoms with E-state index in [1.165, 1.54) is 0 Å². The fourth-order valence-electron chi connectivity index (χ4n) is 2.29. The average molecular weight is 331 g/mol. The van der Waals surface area contributed by atoms with Crippen LogP contribution >= 0.6 is 0 Å². The van der Waals surface area contributed by atoms with Gasteiger partial charge in [0.2, 0.25) is 0 Å². The Morgan fingerprint density at radius 1 is 0.640 bits per heavy atom. The van der Waals surface area contributed by atoms with Crippen LogP contribution in [0, 0.1) is 0 Å². The van der Waals surface area contributed by atoms with Crippen molar-refractivity contribution < 1.29 is 9.59 Å². The van der Waals surface area contributed by atoms with Crippen LogP contribution in [0.3, 0.4) is 0 Å². The van der Waals surface area contributed by atoms with E-state index in [0.29, 0.717) is 16.8 Å². The fourth-order valence-corrected chi connectivity index (χ4v) is 2.29. The minimum Gasteiger partial charge on any atom is -0.321 e. The molecule has 0 spiro atoms. The Morgan fingerprint density at radius 2 is 1.24 bits per heavy atom. The molecule has 5 heteroatoms. The highest BCUT2D eigenvalue weighted by molar-refractivity contribution is 6.09. The molecule has 0 saturated heterocycles. The number of carbonyl (C=O) groups is 2. The molecular formula is C20H17N3O2. The molecule has 0 radical (unpaired) electrons. The second kappa shape index (κ2) is 7.79. The van der Waals surface area contributed by atoms with Gasteiger partial charge in [-0.05, 0) is 36.4 Å². The first-order valence-electron chi connectivity index (χ1n) is 7.81. The second-order valence-corrected chi connectivity index (χ2v) is 5.31. The van der Waals surface area contributed by atoms with Crippen LogP contribution in [0.15, 0.2) is 84.9 Å². The van der Waals surface area contributed by atoms with Crippen LogP contribution < -0.4 is 16.2 Å². The summed E-state index contributed by atoms with van der Waals surface area (Å²) < 4.78 is 0. The number of amides is 2. The Bertz CT molecular complexity index is 864. The minimum atomic E-state index is -0.340. The maximum absolute atomic E-state index is 12.4. The number of carbonyl (C=O) groups excluding carboxylic acids is 2. The second-order valence-electron chi connectivity index (χ2n) is 5.31. The third-order valence-corrected chi connectivity index (χ3v) is 3.55. The summed E-state index contributed by atoms with van der Waals surface area (Å²) in [6, 6.07) is 25.0. The minimum absolute atomic E-state index is 0.267. The molecule has 0 bridgehead atoms. The van der Waals surface area contributed by atoms with E-state index in [-0.39, 0.29) is 11.8 Å². The van der Waals surface area contributed by atoms with Gasteiger partial charge in [-0.1, -0.05) is 48.5 Å². The molecule has 3 aromatic rings. The Labute approximate surface area is 145 Å². The van der Waals surface area contributed by atoms with Gasteiger partial charge in [0.25, 0.3) is 11.8 Å². The van der Waals surface area contributed by atoms with Crippen LogP contribution in [0.1, 0.15) is 20.7 Å². The first-order chi connectivity index (χ1) is 12.2. The summed E-state index contributed by atoms with van der Waals surface area (Å²) in [6.07, 6.45) is 0. The summed E-state index contributed by atoms with van der Waals surface area (Å²) in [6.45, 7) is 0. The van der Waals surface area contributed by atoms with E-state index in [1.54, 1.807) is 48.5 Å². The summed E-state index contributed by atoms with van der Waals surface area (Å²) >= 11 is 0. The topological polar surface area (TPSA) is 70.2 Å². The van der Waals surface area contributed by atoms with Crippen LogP contribution in [0.5, 0.6) is 0 Å². The van der Waals surface area contributed by atoms with Gasteiger partial charge in [0.1, 0.15) is 0 Å². The molecule has 0 aromatic heterocycles. The standard InChI is InChI=1S/C20H17N3O2/c24-19(15-9-3-1-4-10-15)21-18-14-8-7-13-17(18)20(25)23-22-16-11-5-2-6-12-16/h1-14,22H,(H,21,24)(H,23,25). The first-order valence-corrected chi connectivity index (χ1v) is 7.81. The van der Waals surface area contributed by atoms with Crippen molar-refractivity contribution in [2.45, 2.75) is 0 Å².